The van der Waals surface area contributed by atoms with Crippen LogP contribution in [0.3, 0.4) is 0 Å². The second kappa shape index (κ2) is 5.82. The zero-order valence-corrected chi connectivity index (χ0v) is 12.3. The van der Waals surface area contributed by atoms with E-state index in [0.717, 1.165) is 43.8 Å². The van der Waals surface area contributed by atoms with Crippen LogP contribution >= 0.6 is 0 Å². The molecule has 2 fully saturated rings. The van der Waals surface area contributed by atoms with E-state index in [-0.39, 0.29) is 17.6 Å². The summed E-state index contributed by atoms with van der Waals surface area (Å²) in [5.74, 6) is 1.70. The van der Waals surface area contributed by atoms with Crippen molar-refractivity contribution in [2.45, 2.75) is 75.9 Å². The van der Waals surface area contributed by atoms with Gasteiger partial charge in [0.1, 0.15) is 5.60 Å². The van der Waals surface area contributed by atoms with E-state index in [1.807, 2.05) is 6.92 Å². The summed E-state index contributed by atoms with van der Waals surface area (Å²) in [6.07, 6.45) is 8.88. The highest BCUT2D eigenvalue weighted by atomic mass is 16.5. The number of nitrogens with zero attached hydrogens (tertiary/aromatic N) is 2. The summed E-state index contributed by atoms with van der Waals surface area (Å²) in [6.45, 7) is 2.72. The lowest BCUT2D eigenvalue weighted by Crippen LogP contribution is -2.33. The molecule has 3 rings (SSSR count). The third-order valence-electron chi connectivity index (χ3n) is 4.82. The van der Waals surface area contributed by atoms with Crippen molar-refractivity contribution in [1.29, 1.82) is 0 Å². The van der Waals surface area contributed by atoms with Crippen molar-refractivity contribution in [3.8, 4) is 0 Å². The summed E-state index contributed by atoms with van der Waals surface area (Å²) in [5, 5.41) is 4.24. The molecule has 0 bridgehead atoms. The first-order chi connectivity index (χ1) is 9.75. The first-order valence-corrected chi connectivity index (χ1v) is 7.99. The maximum atomic E-state index is 6.13. The summed E-state index contributed by atoms with van der Waals surface area (Å²) in [6, 6.07) is 0.165. The normalized spacial score (nSPS) is 29.7. The largest absolute Gasteiger partial charge is 0.367 e. The van der Waals surface area contributed by atoms with E-state index < -0.39 is 0 Å². The molecular formula is C15H25N3O2. The highest BCUT2D eigenvalue weighted by Gasteiger charge is 2.40. The molecule has 0 aliphatic heterocycles. The van der Waals surface area contributed by atoms with E-state index >= 15 is 0 Å². The Morgan fingerprint density at radius 2 is 2.05 bits per heavy atom. The molecule has 2 aliphatic carbocycles. The minimum absolute atomic E-state index is 0.165. The monoisotopic (exact) mass is 279 g/mol. The molecule has 0 aromatic carbocycles. The number of ether oxygens (including phenoxy) is 1. The summed E-state index contributed by atoms with van der Waals surface area (Å²) >= 11 is 0. The van der Waals surface area contributed by atoms with E-state index in [1.165, 1.54) is 19.3 Å². The van der Waals surface area contributed by atoms with Crippen molar-refractivity contribution in [2.24, 2.45) is 5.73 Å². The maximum absolute atomic E-state index is 6.13. The molecule has 2 N–H and O–H groups in total. The predicted octanol–water partition coefficient (Wildman–Crippen LogP) is 2.86. The molecule has 0 amide bonds. The van der Waals surface area contributed by atoms with E-state index in [1.54, 1.807) is 0 Å². The number of nitrogens with two attached hydrogens (primary N) is 1. The Morgan fingerprint density at radius 3 is 2.70 bits per heavy atom. The standard InChI is InChI=1S/C15H25N3O2/c1-2-19-15(9-4-3-5-10-15)14-17-13(20-18-14)11-7-6-8-12(11)16/h11-12H,2-10,16H2,1H3. The Balaban J connectivity index is 1.83. The average Bonchev–Trinajstić information content (AvgIpc) is 3.08. The van der Waals surface area contributed by atoms with Crippen LogP contribution in [-0.4, -0.2) is 22.8 Å². The van der Waals surface area contributed by atoms with Crippen LogP contribution in [0.4, 0.5) is 0 Å². The summed E-state index contributed by atoms with van der Waals surface area (Å²) in [7, 11) is 0. The molecule has 0 saturated heterocycles. The van der Waals surface area contributed by atoms with E-state index in [0.29, 0.717) is 6.61 Å². The zero-order valence-electron chi connectivity index (χ0n) is 12.3. The van der Waals surface area contributed by atoms with Gasteiger partial charge in [-0.3, -0.25) is 0 Å². The Labute approximate surface area is 120 Å². The average molecular weight is 279 g/mol. The van der Waals surface area contributed by atoms with Crippen molar-refractivity contribution in [3.05, 3.63) is 11.7 Å². The van der Waals surface area contributed by atoms with Gasteiger partial charge in [-0.25, -0.2) is 0 Å². The molecule has 5 heteroatoms. The van der Waals surface area contributed by atoms with E-state index in [2.05, 4.69) is 10.1 Å². The molecule has 2 saturated carbocycles. The molecule has 1 heterocycles. The molecule has 5 nitrogen and oxygen atoms in total. The molecule has 1 aromatic rings. The van der Waals surface area contributed by atoms with Crippen molar-refractivity contribution in [3.63, 3.8) is 0 Å². The molecule has 2 unspecified atom stereocenters. The molecule has 112 valence electrons. The first-order valence-electron chi connectivity index (χ1n) is 7.99. The zero-order chi connectivity index (χ0) is 14.0. The molecule has 2 aliphatic rings. The Hall–Kier alpha value is -0.940. The Bertz CT molecular complexity index is 435. The lowest BCUT2D eigenvalue weighted by molar-refractivity contribution is -0.0777. The first kappa shape index (κ1) is 14.0. The minimum Gasteiger partial charge on any atom is -0.367 e. The molecule has 0 spiro atoms. The topological polar surface area (TPSA) is 74.2 Å². The molecule has 1 aromatic heterocycles. The van der Waals surface area contributed by atoms with Gasteiger partial charge in [-0.1, -0.05) is 30.8 Å². The van der Waals surface area contributed by atoms with Crippen molar-refractivity contribution in [2.75, 3.05) is 6.61 Å². The number of hydrogen-bond donors (Lipinski definition) is 1. The van der Waals surface area contributed by atoms with Crippen LogP contribution in [-0.2, 0) is 10.3 Å². The summed E-state index contributed by atoms with van der Waals surface area (Å²) in [5.41, 5.74) is 5.81. The SMILES string of the molecule is CCOC1(c2noc(C3CCCC3N)n2)CCCCC1. The Kier molecular flexibility index (Phi) is 4.08. The number of aromatic nitrogens is 2. The van der Waals surface area contributed by atoms with Gasteiger partial charge in [-0.2, -0.15) is 4.98 Å². The third kappa shape index (κ3) is 2.49. The third-order valence-corrected chi connectivity index (χ3v) is 4.82. The van der Waals surface area contributed by atoms with Gasteiger partial charge < -0.3 is 15.0 Å². The van der Waals surface area contributed by atoms with Crippen LogP contribution in [0.25, 0.3) is 0 Å². The van der Waals surface area contributed by atoms with Gasteiger partial charge in [-0.05, 0) is 32.6 Å². The highest BCUT2D eigenvalue weighted by Crippen LogP contribution is 2.40. The lowest BCUT2D eigenvalue weighted by atomic mass is 9.84. The Morgan fingerprint density at radius 1 is 1.25 bits per heavy atom. The maximum Gasteiger partial charge on any atom is 0.231 e. The molecule has 20 heavy (non-hydrogen) atoms. The molecule has 2 atom stereocenters. The van der Waals surface area contributed by atoms with Crippen LogP contribution < -0.4 is 5.73 Å². The van der Waals surface area contributed by atoms with Gasteiger partial charge in [0, 0.05) is 12.6 Å². The fraction of sp³-hybridized carbons (Fsp3) is 0.867. The minimum atomic E-state index is -0.322. The predicted molar refractivity (Wildman–Crippen MR) is 75.3 cm³/mol. The van der Waals surface area contributed by atoms with Gasteiger partial charge in [0.15, 0.2) is 0 Å². The number of hydrogen-bond acceptors (Lipinski definition) is 5. The second-order valence-electron chi connectivity index (χ2n) is 6.15. The smallest absolute Gasteiger partial charge is 0.231 e. The van der Waals surface area contributed by atoms with Gasteiger partial charge in [0.05, 0.1) is 5.92 Å². The summed E-state index contributed by atoms with van der Waals surface area (Å²) < 4.78 is 11.6. The van der Waals surface area contributed by atoms with Crippen LogP contribution in [0.15, 0.2) is 4.52 Å². The van der Waals surface area contributed by atoms with Gasteiger partial charge >= 0.3 is 0 Å². The molecule has 0 radical (unpaired) electrons. The van der Waals surface area contributed by atoms with Crippen molar-refractivity contribution < 1.29 is 9.26 Å². The lowest BCUT2D eigenvalue weighted by Gasteiger charge is -2.33. The van der Waals surface area contributed by atoms with Gasteiger partial charge in [-0.15, -0.1) is 0 Å². The van der Waals surface area contributed by atoms with Crippen LogP contribution in [0.1, 0.15) is 75.9 Å². The quantitative estimate of drug-likeness (QED) is 0.917. The van der Waals surface area contributed by atoms with Gasteiger partial charge in [0.2, 0.25) is 11.7 Å². The fourth-order valence-electron chi connectivity index (χ4n) is 3.70. The van der Waals surface area contributed by atoms with E-state index in [9.17, 15) is 0 Å². The van der Waals surface area contributed by atoms with E-state index in [4.69, 9.17) is 15.0 Å². The fourth-order valence-corrected chi connectivity index (χ4v) is 3.70. The van der Waals surface area contributed by atoms with Crippen LogP contribution in [0.2, 0.25) is 0 Å². The molecular weight excluding hydrogens is 254 g/mol. The van der Waals surface area contributed by atoms with Gasteiger partial charge in [0.25, 0.3) is 0 Å². The highest BCUT2D eigenvalue weighted by molar-refractivity contribution is 5.08. The second-order valence-corrected chi connectivity index (χ2v) is 6.15. The number of rotatable bonds is 4. The summed E-state index contributed by atoms with van der Waals surface area (Å²) in [4.78, 5) is 4.67. The van der Waals surface area contributed by atoms with Crippen LogP contribution in [0.5, 0.6) is 0 Å². The van der Waals surface area contributed by atoms with Crippen LogP contribution in [0, 0.1) is 0 Å². The van der Waals surface area contributed by atoms with Crippen molar-refractivity contribution >= 4 is 0 Å². The van der Waals surface area contributed by atoms with Crippen molar-refractivity contribution in [1.82, 2.24) is 10.1 Å².